The van der Waals surface area contributed by atoms with E-state index in [0.29, 0.717) is 23.7 Å². The topological polar surface area (TPSA) is 20.2 Å². The summed E-state index contributed by atoms with van der Waals surface area (Å²) in [6.45, 7) is 2.31. The Balaban J connectivity index is 1.67. The predicted molar refractivity (Wildman–Crippen MR) is 74.3 cm³/mol. The summed E-state index contributed by atoms with van der Waals surface area (Å²) in [5.41, 5.74) is 0.283. The van der Waals surface area contributed by atoms with E-state index >= 15 is 0 Å². The minimum Gasteiger partial charge on any atom is -0.384 e. The van der Waals surface area contributed by atoms with E-state index in [4.69, 9.17) is 0 Å². The summed E-state index contributed by atoms with van der Waals surface area (Å²) in [5.74, 6) is 3.21. The number of rotatable bonds is 1. The monoisotopic (exact) mass is 272 g/mol. The van der Waals surface area contributed by atoms with E-state index in [2.05, 4.69) is 6.92 Å². The third-order valence-electron chi connectivity index (χ3n) is 7.58. The Morgan fingerprint density at radius 2 is 1.85 bits per heavy atom. The van der Waals surface area contributed by atoms with Gasteiger partial charge in [0.05, 0.1) is 5.60 Å². The van der Waals surface area contributed by atoms with Crippen molar-refractivity contribution in [2.24, 2.45) is 35.0 Å². The highest BCUT2D eigenvalue weighted by molar-refractivity contribution is 5.37. The normalized spacial score (nSPS) is 54.9. The smallest absolute Gasteiger partial charge is 0.123 e. The van der Waals surface area contributed by atoms with Crippen molar-refractivity contribution in [3.63, 3.8) is 0 Å². The summed E-state index contributed by atoms with van der Waals surface area (Å²) in [5, 5.41) is 11.6. The molecule has 0 amide bonds. The lowest BCUT2D eigenvalue weighted by molar-refractivity contribution is -0.372. The van der Waals surface area contributed by atoms with Gasteiger partial charge in [0.2, 0.25) is 0 Å². The average Bonchev–Trinajstić information content (AvgIpc) is 2.44. The van der Waals surface area contributed by atoms with Gasteiger partial charge in [-0.3, -0.25) is 0 Å². The molecular weight excluding hydrogens is 251 g/mol. The van der Waals surface area contributed by atoms with Crippen LogP contribution in [-0.2, 0) is 5.60 Å². The zero-order valence-electron chi connectivity index (χ0n) is 11.8. The maximum Gasteiger partial charge on any atom is 0.123 e. The van der Waals surface area contributed by atoms with E-state index in [0.717, 1.165) is 11.5 Å². The van der Waals surface area contributed by atoms with Crippen LogP contribution in [0, 0.1) is 40.8 Å². The van der Waals surface area contributed by atoms with Crippen LogP contribution < -0.4 is 0 Å². The van der Waals surface area contributed by atoms with Crippen LogP contribution in [0.4, 0.5) is 4.39 Å². The number of aliphatic hydroxyl groups is 1. The lowest BCUT2D eigenvalue weighted by atomic mass is 9.26. The van der Waals surface area contributed by atoms with Gasteiger partial charge in [0, 0.05) is 5.41 Å². The highest BCUT2D eigenvalue weighted by Gasteiger charge is 2.79. The third-order valence-corrected chi connectivity index (χ3v) is 7.58. The Morgan fingerprint density at radius 3 is 2.55 bits per heavy atom. The van der Waals surface area contributed by atoms with E-state index in [1.54, 1.807) is 0 Å². The Kier molecular flexibility index (Phi) is 1.93. The summed E-state index contributed by atoms with van der Waals surface area (Å²) in [6.07, 6.45) is 5.26. The quantitative estimate of drug-likeness (QED) is 0.826. The Labute approximate surface area is 119 Å². The number of hydrogen-bond acceptors (Lipinski definition) is 1. The van der Waals surface area contributed by atoms with Crippen molar-refractivity contribution in [2.45, 2.75) is 38.2 Å². The van der Waals surface area contributed by atoms with Crippen LogP contribution in [0.15, 0.2) is 24.3 Å². The lowest BCUT2D eigenvalue weighted by Gasteiger charge is -2.79. The van der Waals surface area contributed by atoms with Crippen molar-refractivity contribution >= 4 is 0 Å². The SMILES string of the molecule is CC12[C@H]3C[C@@H]4C[C@H](C3)C([C@H]1C4)[C@]2(O)c1ccc(F)cc1. The standard InChI is InChI=1S/C18H21FO/c1-17-13-7-10-6-11(9-13)16(15(17)8-10)18(17,20)12-2-4-14(19)5-3-12/h2-5,10-11,13,15-16,20H,6-9H2,1H3/t10-,11+,13-,15+,16?,17?,18+/m0/s1. The molecule has 6 aliphatic rings. The summed E-state index contributed by atoms with van der Waals surface area (Å²) in [6, 6.07) is 6.64. The van der Waals surface area contributed by atoms with Crippen LogP contribution in [-0.4, -0.2) is 5.11 Å². The molecule has 2 heteroatoms. The van der Waals surface area contributed by atoms with Crippen molar-refractivity contribution < 1.29 is 9.50 Å². The second-order valence-electron chi connectivity index (χ2n) is 7.95. The van der Waals surface area contributed by atoms with E-state index in [1.165, 1.54) is 37.8 Å². The molecule has 1 aromatic carbocycles. The van der Waals surface area contributed by atoms with E-state index in [-0.39, 0.29) is 11.2 Å². The summed E-state index contributed by atoms with van der Waals surface area (Å²) in [7, 11) is 0. The molecule has 6 saturated carbocycles. The predicted octanol–water partition coefficient (Wildman–Crippen LogP) is 3.72. The second kappa shape index (κ2) is 3.30. The average molecular weight is 272 g/mol. The Morgan fingerprint density at radius 1 is 1.10 bits per heavy atom. The van der Waals surface area contributed by atoms with Crippen LogP contribution in [0.25, 0.3) is 0 Å². The number of hydrogen-bond donors (Lipinski definition) is 1. The van der Waals surface area contributed by atoms with Crippen molar-refractivity contribution in [2.75, 3.05) is 0 Å². The van der Waals surface area contributed by atoms with Crippen molar-refractivity contribution in [3.05, 3.63) is 35.6 Å². The molecule has 0 saturated heterocycles. The molecule has 7 rings (SSSR count). The van der Waals surface area contributed by atoms with Gasteiger partial charge >= 0.3 is 0 Å². The van der Waals surface area contributed by atoms with Crippen LogP contribution in [0.2, 0.25) is 0 Å². The zero-order valence-corrected chi connectivity index (χ0v) is 11.8. The summed E-state index contributed by atoms with van der Waals surface area (Å²) >= 11 is 0. The summed E-state index contributed by atoms with van der Waals surface area (Å²) in [4.78, 5) is 0. The molecule has 2 unspecified atom stereocenters. The highest BCUT2D eigenvalue weighted by atomic mass is 19.1. The minimum atomic E-state index is -0.704. The second-order valence-corrected chi connectivity index (χ2v) is 7.95. The number of benzene rings is 1. The van der Waals surface area contributed by atoms with Crippen molar-refractivity contribution in [1.82, 2.24) is 0 Å². The molecule has 6 fully saturated rings. The van der Waals surface area contributed by atoms with Gasteiger partial charge in [-0.25, -0.2) is 4.39 Å². The Bertz CT molecular complexity index is 569. The zero-order chi connectivity index (χ0) is 13.7. The minimum absolute atomic E-state index is 0.0307. The largest absolute Gasteiger partial charge is 0.384 e. The van der Waals surface area contributed by atoms with E-state index in [1.807, 2.05) is 12.1 Å². The maximum atomic E-state index is 13.2. The fraction of sp³-hybridized carbons (Fsp3) is 0.667. The van der Waals surface area contributed by atoms with Crippen molar-refractivity contribution in [3.8, 4) is 0 Å². The first-order valence-corrected chi connectivity index (χ1v) is 8.03. The fourth-order valence-corrected chi connectivity index (χ4v) is 6.91. The molecule has 1 nitrogen and oxygen atoms in total. The van der Waals surface area contributed by atoms with Gasteiger partial charge in [-0.2, -0.15) is 0 Å². The molecule has 0 heterocycles. The molecule has 20 heavy (non-hydrogen) atoms. The highest BCUT2D eigenvalue weighted by Crippen LogP contribution is 2.81. The lowest BCUT2D eigenvalue weighted by Crippen LogP contribution is -2.78. The van der Waals surface area contributed by atoms with Crippen LogP contribution in [0.5, 0.6) is 0 Å². The van der Waals surface area contributed by atoms with E-state index < -0.39 is 5.60 Å². The molecule has 0 radical (unpaired) electrons. The van der Waals surface area contributed by atoms with Gasteiger partial charge in [-0.1, -0.05) is 19.1 Å². The first-order chi connectivity index (χ1) is 9.55. The molecule has 1 N–H and O–H groups in total. The first kappa shape index (κ1) is 11.7. The van der Waals surface area contributed by atoms with Gasteiger partial charge in [0.25, 0.3) is 0 Å². The van der Waals surface area contributed by atoms with Crippen LogP contribution in [0.1, 0.15) is 38.2 Å². The fourth-order valence-electron chi connectivity index (χ4n) is 6.91. The van der Waals surface area contributed by atoms with Gasteiger partial charge < -0.3 is 5.11 Å². The van der Waals surface area contributed by atoms with Gasteiger partial charge in [0.15, 0.2) is 0 Å². The molecule has 6 bridgehead atoms. The number of halogens is 1. The molecule has 0 spiro atoms. The Hall–Kier alpha value is -0.890. The molecular formula is C18H21FO. The molecule has 0 aliphatic heterocycles. The van der Waals surface area contributed by atoms with Gasteiger partial charge in [0.1, 0.15) is 5.82 Å². The van der Waals surface area contributed by atoms with Gasteiger partial charge in [-0.15, -0.1) is 0 Å². The third kappa shape index (κ3) is 1.02. The molecule has 0 aromatic heterocycles. The molecule has 6 aliphatic carbocycles. The molecule has 106 valence electrons. The molecule has 1 aromatic rings. The summed E-state index contributed by atoms with van der Waals surface area (Å²) < 4.78 is 13.2. The van der Waals surface area contributed by atoms with Crippen molar-refractivity contribution in [1.29, 1.82) is 0 Å². The molecule has 7 atom stereocenters. The maximum absolute atomic E-state index is 13.2. The van der Waals surface area contributed by atoms with E-state index in [9.17, 15) is 9.50 Å². The van der Waals surface area contributed by atoms with Crippen LogP contribution in [0.3, 0.4) is 0 Å². The van der Waals surface area contributed by atoms with Gasteiger partial charge in [-0.05, 0) is 73.0 Å². The van der Waals surface area contributed by atoms with Crippen LogP contribution >= 0.6 is 0 Å². The first-order valence-electron chi connectivity index (χ1n) is 8.03.